The van der Waals surface area contributed by atoms with Crippen LogP contribution in [0.4, 0.5) is 14.7 Å². The summed E-state index contributed by atoms with van der Waals surface area (Å²) >= 11 is 6.42. The van der Waals surface area contributed by atoms with Crippen molar-refractivity contribution in [1.29, 1.82) is 0 Å². The Kier molecular flexibility index (Phi) is 8.24. The molecule has 0 radical (unpaired) electrons. The van der Waals surface area contributed by atoms with Gasteiger partial charge in [-0.1, -0.05) is 23.7 Å². The van der Waals surface area contributed by atoms with Crippen LogP contribution in [-0.2, 0) is 16.1 Å². The first-order chi connectivity index (χ1) is 19.2. The Labute approximate surface area is 234 Å². The maximum atomic E-state index is 14.2. The predicted molar refractivity (Wildman–Crippen MR) is 144 cm³/mol. The number of amides is 2. The Morgan fingerprint density at radius 2 is 2.00 bits per heavy atom. The number of fused-ring (bicyclic) bond motifs is 1. The van der Waals surface area contributed by atoms with Gasteiger partial charge in [0.2, 0.25) is 11.9 Å². The Morgan fingerprint density at radius 3 is 2.75 bits per heavy atom. The van der Waals surface area contributed by atoms with Crippen LogP contribution in [0.25, 0.3) is 11.3 Å². The Balaban J connectivity index is 1.31. The van der Waals surface area contributed by atoms with Crippen LogP contribution < -0.4 is 10.6 Å². The van der Waals surface area contributed by atoms with E-state index in [-0.39, 0.29) is 24.1 Å². The SMILES string of the molecule is CC(C(=O)NC(CO)c1cc(F)ccc1F)N1Cc2ccc(-c3nc(NC4CCOCC4)ncc3Cl)cc2C1=O. The second-order valence-electron chi connectivity index (χ2n) is 9.81. The molecule has 3 N–H and O–H groups in total. The van der Waals surface area contributed by atoms with Gasteiger partial charge in [-0.2, -0.15) is 0 Å². The lowest BCUT2D eigenvalue weighted by Crippen LogP contribution is -2.46. The summed E-state index contributed by atoms with van der Waals surface area (Å²) in [4.78, 5) is 36.6. The van der Waals surface area contributed by atoms with Crippen LogP contribution in [0.5, 0.6) is 0 Å². The maximum Gasteiger partial charge on any atom is 0.255 e. The number of nitrogens with one attached hydrogen (secondary N) is 2. The van der Waals surface area contributed by atoms with Gasteiger partial charge in [-0.25, -0.2) is 18.7 Å². The molecule has 12 heteroatoms. The topological polar surface area (TPSA) is 117 Å². The summed E-state index contributed by atoms with van der Waals surface area (Å²) < 4.78 is 33.3. The highest BCUT2D eigenvalue weighted by Gasteiger charge is 2.35. The Hall–Kier alpha value is -3.67. The highest BCUT2D eigenvalue weighted by molar-refractivity contribution is 6.33. The van der Waals surface area contributed by atoms with E-state index in [1.54, 1.807) is 18.2 Å². The van der Waals surface area contributed by atoms with E-state index in [9.17, 15) is 23.5 Å². The second kappa shape index (κ2) is 11.8. The first kappa shape index (κ1) is 27.9. The van der Waals surface area contributed by atoms with E-state index in [0.29, 0.717) is 46.6 Å². The minimum absolute atomic E-state index is 0.176. The molecule has 5 rings (SSSR count). The molecule has 2 atom stereocenters. The summed E-state index contributed by atoms with van der Waals surface area (Å²) in [5.41, 5.74) is 2.02. The standard InChI is InChI=1S/C28H28ClF2N5O4/c1-15(26(38)34-24(14-37)21-11-18(30)4-5-23(21)31)36-13-17-3-2-16(10-20(17)27(36)39)25-22(29)12-32-28(35-25)33-19-6-8-40-9-7-19/h2-5,10-12,15,19,24,37H,6-9,13-14H2,1H3,(H,34,38)(H,32,33,35). The fourth-order valence-electron chi connectivity index (χ4n) is 4.88. The Bertz CT molecular complexity index is 1440. The van der Waals surface area contributed by atoms with Crippen molar-refractivity contribution in [3.05, 3.63) is 75.9 Å². The first-order valence-corrected chi connectivity index (χ1v) is 13.3. The van der Waals surface area contributed by atoms with Crippen molar-refractivity contribution in [3.8, 4) is 11.3 Å². The van der Waals surface area contributed by atoms with Gasteiger partial charge in [0, 0.05) is 42.5 Å². The van der Waals surface area contributed by atoms with E-state index in [1.165, 1.54) is 18.0 Å². The van der Waals surface area contributed by atoms with Crippen LogP contribution >= 0.6 is 11.6 Å². The molecule has 2 aliphatic heterocycles. The van der Waals surface area contributed by atoms with Crippen molar-refractivity contribution in [1.82, 2.24) is 20.2 Å². The van der Waals surface area contributed by atoms with Gasteiger partial charge in [0.1, 0.15) is 17.7 Å². The molecule has 2 amide bonds. The number of anilines is 1. The fourth-order valence-corrected chi connectivity index (χ4v) is 5.08. The predicted octanol–water partition coefficient (Wildman–Crippen LogP) is 3.86. The molecule has 2 unspecified atom stereocenters. The third-order valence-electron chi connectivity index (χ3n) is 7.19. The second-order valence-corrected chi connectivity index (χ2v) is 10.2. The van der Waals surface area contributed by atoms with Crippen LogP contribution in [0.2, 0.25) is 5.02 Å². The summed E-state index contributed by atoms with van der Waals surface area (Å²) in [6, 6.07) is 6.13. The molecule has 3 aromatic rings. The maximum absolute atomic E-state index is 14.2. The molecule has 210 valence electrons. The minimum atomic E-state index is -1.18. The summed E-state index contributed by atoms with van der Waals surface area (Å²) in [7, 11) is 0. The van der Waals surface area contributed by atoms with Crippen LogP contribution in [0, 0.1) is 11.6 Å². The van der Waals surface area contributed by atoms with Crippen LogP contribution in [0.1, 0.15) is 47.3 Å². The molecule has 2 aromatic carbocycles. The van der Waals surface area contributed by atoms with Crippen molar-refractivity contribution < 1.29 is 28.2 Å². The van der Waals surface area contributed by atoms with E-state index in [4.69, 9.17) is 16.3 Å². The smallest absolute Gasteiger partial charge is 0.255 e. The fraction of sp³-hybridized carbons (Fsp3) is 0.357. The van der Waals surface area contributed by atoms with E-state index in [2.05, 4.69) is 20.6 Å². The van der Waals surface area contributed by atoms with Gasteiger partial charge in [-0.05, 0) is 49.6 Å². The average molecular weight is 572 g/mol. The quantitative estimate of drug-likeness (QED) is 0.376. The monoisotopic (exact) mass is 571 g/mol. The van der Waals surface area contributed by atoms with Gasteiger partial charge < -0.3 is 25.4 Å². The van der Waals surface area contributed by atoms with Crippen LogP contribution in [0.3, 0.4) is 0 Å². The molecule has 2 aliphatic rings. The minimum Gasteiger partial charge on any atom is -0.394 e. The van der Waals surface area contributed by atoms with Crippen molar-refractivity contribution in [2.75, 3.05) is 25.1 Å². The molecule has 0 bridgehead atoms. The molecule has 0 saturated carbocycles. The molecule has 1 fully saturated rings. The zero-order valence-electron chi connectivity index (χ0n) is 21.7. The molecular formula is C28H28ClF2N5O4. The number of aliphatic hydroxyl groups excluding tert-OH is 1. The number of halogens is 3. The largest absolute Gasteiger partial charge is 0.394 e. The molecule has 3 heterocycles. The van der Waals surface area contributed by atoms with E-state index in [0.717, 1.165) is 31.0 Å². The van der Waals surface area contributed by atoms with Crippen LogP contribution in [0.15, 0.2) is 42.6 Å². The number of carbonyl (C=O) groups excluding carboxylic acids is 2. The zero-order chi connectivity index (χ0) is 28.4. The molecule has 0 aliphatic carbocycles. The number of nitrogens with zero attached hydrogens (tertiary/aromatic N) is 3. The summed E-state index contributed by atoms with van der Waals surface area (Å²) in [6.45, 7) is 2.39. The number of benzene rings is 2. The summed E-state index contributed by atoms with van der Waals surface area (Å²) in [5.74, 6) is -2.03. The van der Waals surface area contributed by atoms with Crippen molar-refractivity contribution in [2.24, 2.45) is 0 Å². The Morgan fingerprint density at radius 1 is 1.23 bits per heavy atom. The number of aromatic nitrogens is 2. The molecule has 0 spiro atoms. The van der Waals surface area contributed by atoms with E-state index >= 15 is 0 Å². The molecular weight excluding hydrogens is 544 g/mol. The summed E-state index contributed by atoms with van der Waals surface area (Å²) in [5, 5.41) is 15.9. The highest BCUT2D eigenvalue weighted by Crippen LogP contribution is 2.32. The van der Waals surface area contributed by atoms with Gasteiger partial charge >= 0.3 is 0 Å². The van der Waals surface area contributed by atoms with Gasteiger partial charge in [0.05, 0.1) is 29.6 Å². The lowest BCUT2D eigenvalue weighted by Gasteiger charge is -2.26. The summed E-state index contributed by atoms with van der Waals surface area (Å²) in [6.07, 6.45) is 3.19. The van der Waals surface area contributed by atoms with Gasteiger partial charge in [0.15, 0.2) is 0 Å². The van der Waals surface area contributed by atoms with Gasteiger partial charge in [0.25, 0.3) is 5.91 Å². The molecule has 1 saturated heterocycles. The van der Waals surface area contributed by atoms with E-state index in [1.807, 2.05) is 0 Å². The van der Waals surface area contributed by atoms with Crippen molar-refractivity contribution >= 4 is 29.4 Å². The number of rotatable bonds is 8. The number of aliphatic hydroxyl groups is 1. The van der Waals surface area contributed by atoms with Crippen molar-refractivity contribution in [3.63, 3.8) is 0 Å². The lowest BCUT2D eigenvalue weighted by atomic mass is 10.0. The van der Waals surface area contributed by atoms with Gasteiger partial charge in [-0.15, -0.1) is 0 Å². The highest BCUT2D eigenvalue weighted by atomic mass is 35.5. The zero-order valence-corrected chi connectivity index (χ0v) is 22.4. The van der Waals surface area contributed by atoms with Crippen LogP contribution in [-0.4, -0.2) is 63.7 Å². The first-order valence-electron chi connectivity index (χ1n) is 12.9. The normalized spacial score (nSPS) is 16.9. The number of hydrogen-bond acceptors (Lipinski definition) is 7. The third kappa shape index (κ3) is 5.77. The van der Waals surface area contributed by atoms with E-state index < -0.39 is 36.2 Å². The molecule has 40 heavy (non-hydrogen) atoms. The van der Waals surface area contributed by atoms with Crippen molar-refractivity contribution in [2.45, 2.75) is 44.4 Å². The molecule has 9 nitrogen and oxygen atoms in total. The number of carbonyl (C=O) groups is 2. The number of hydrogen-bond donors (Lipinski definition) is 3. The number of ether oxygens (including phenoxy) is 1. The average Bonchev–Trinajstić information content (AvgIpc) is 3.29. The molecule has 1 aromatic heterocycles. The lowest BCUT2D eigenvalue weighted by molar-refractivity contribution is -0.126. The van der Waals surface area contributed by atoms with Gasteiger partial charge in [-0.3, -0.25) is 9.59 Å². The third-order valence-corrected chi connectivity index (χ3v) is 7.47.